The van der Waals surface area contributed by atoms with Gasteiger partial charge in [0.05, 0.1) is 22.2 Å². The molecule has 3 heterocycles. The molecule has 5 rings (SSSR count). The number of nitrogens with zero attached hydrogens (tertiary/aromatic N) is 3. The maximum absolute atomic E-state index is 13.4. The molecule has 1 aliphatic rings. The summed E-state index contributed by atoms with van der Waals surface area (Å²) in [6.07, 6.45) is 2.97. The largest absolute Gasteiger partial charge is 0.507 e. The molecular weight excluding hydrogens is 490 g/mol. The Balaban J connectivity index is 1.68. The van der Waals surface area contributed by atoms with Gasteiger partial charge in [0, 0.05) is 24.9 Å². The molecule has 184 valence electrons. The zero-order valence-corrected chi connectivity index (χ0v) is 20.7. The monoisotopic (exact) mass is 511 g/mol. The van der Waals surface area contributed by atoms with Crippen LogP contribution in [-0.2, 0) is 9.59 Å². The van der Waals surface area contributed by atoms with E-state index in [0.717, 1.165) is 11.3 Å². The fraction of sp³-hybridized carbons (Fsp3) is 0.107. The van der Waals surface area contributed by atoms with Gasteiger partial charge in [-0.1, -0.05) is 41.7 Å². The summed E-state index contributed by atoms with van der Waals surface area (Å²) >= 11 is 1.03. The Hall–Kier alpha value is -4.63. The number of ketones is 2. The average molecular weight is 512 g/mol. The number of Topliss-reactive ketones (excluding diaryl/α,β-unsaturated/α-hetero) is 2. The molecule has 1 aliphatic heterocycles. The van der Waals surface area contributed by atoms with Crippen LogP contribution < -0.4 is 9.64 Å². The quantitative estimate of drug-likeness (QED) is 0.158. The number of aromatic nitrogens is 2. The highest BCUT2D eigenvalue weighted by Gasteiger charge is 2.48. The maximum atomic E-state index is 13.4. The number of aliphatic hydroxyl groups excluding tert-OH is 1. The lowest BCUT2D eigenvalue weighted by molar-refractivity contribution is -0.132. The first-order valence-electron chi connectivity index (χ1n) is 11.4. The van der Waals surface area contributed by atoms with Gasteiger partial charge in [-0.05, 0) is 48.9 Å². The molecule has 1 fully saturated rings. The molecule has 4 aromatic rings. The number of rotatable bonds is 6. The lowest BCUT2D eigenvalue weighted by Crippen LogP contribution is -2.29. The van der Waals surface area contributed by atoms with Gasteiger partial charge in [0.2, 0.25) is 0 Å². The van der Waals surface area contributed by atoms with Crippen LogP contribution >= 0.6 is 11.3 Å². The van der Waals surface area contributed by atoms with E-state index in [0.29, 0.717) is 33.2 Å². The Labute approximate surface area is 216 Å². The van der Waals surface area contributed by atoms with Crippen molar-refractivity contribution in [1.29, 1.82) is 0 Å². The van der Waals surface area contributed by atoms with Gasteiger partial charge in [-0.25, -0.2) is 4.98 Å². The third kappa shape index (κ3) is 4.52. The predicted molar refractivity (Wildman–Crippen MR) is 139 cm³/mol. The molecule has 0 radical (unpaired) electrons. The van der Waals surface area contributed by atoms with E-state index in [4.69, 9.17) is 4.74 Å². The van der Waals surface area contributed by atoms with Gasteiger partial charge in [0.15, 0.2) is 10.9 Å². The second kappa shape index (κ2) is 9.79. The van der Waals surface area contributed by atoms with E-state index in [-0.39, 0.29) is 22.2 Å². The number of anilines is 1. The van der Waals surface area contributed by atoms with E-state index in [1.54, 1.807) is 43.3 Å². The standard InChI is InChI=1S/C28H21N3O5S/c1-16-26(17(2)32)37-28(30-16)31-23(19-7-6-10-21(15-19)36-20-8-4-3-5-9-20)22(25(34)27(31)35)24(33)18-11-13-29-14-12-18/h3-15,23,33H,1-2H3/b24-22+. The summed E-state index contributed by atoms with van der Waals surface area (Å²) < 4.78 is 5.98. The minimum absolute atomic E-state index is 0.0923. The number of amides is 1. The number of pyridine rings is 1. The number of benzene rings is 2. The first-order chi connectivity index (χ1) is 17.8. The van der Waals surface area contributed by atoms with Crippen molar-refractivity contribution in [2.75, 3.05) is 4.90 Å². The minimum Gasteiger partial charge on any atom is -0.507 e. The lowest BCUT2D eigenvalue weighted by Gasteiger charge is -2.23. The fourth-order valence-electron chi connectivity index (χ4n) is 4.20. The number of ether oxygens (including phenoxy) is 1. The first-order valence-corrected chi connectivity index (χ1v) is 12.2. The molecule has 2 aromatic heterocycles. The Morgan fingerprint density at radius 2 is 1.70 bits per heavy atom. The van der Waals surface area contributed by atoms with Crippen LogP contribution in [0.4, 0.5) is 5.13 Å². The molecule has 37 heavy (non-hydrogen) atoms. The summed E-state index contributed by atoms with van der Waals surface area (Å²) in [4.78, 5) is 48.8. The molecule has 0 saturated carbocycles. The number of hydrogen-bond donors (Lipinski definition) is 1. The van der Waals surface area contributed by atoms with E-state index in [1.807, 2.05) is 30.3 Å². The zero-order chi connectivity index (χ0) is 26.1. The highest BCUT2D eigenvalue weighted by Crippen LogP contribution is 2.44. The van der Waals surface area contributed by atoms with E-state index in [9.17, 15) is 19.5 Å². The molecule has 0 aliphatic carbocycles. The van der Waals surface area contributed by atoms with Gasteiger partial charge >= 0.3 is 5.91 Å². The fourth-order valence-corrected chi connectivity index (χ4v) is 5.18. The van der Waals surface area contributed by atoms with Crippen molar-refractivity contribution in [3.8, 4) is 11.5 Å². The van der Waals surface area contributed by atoms with Crippen LogP contribution in [0.5, 0.6) is 11.5 Å². The van der Waals surface area contributed by atoms with E-state index in [1.165, 1.54) is 24.2 Å². The molecule has 1 N–H and O–H groups in total. The van der Waals surface area contributed by atoms with E-state index < -0.39 is 17.7 Å². The van der Waals surface area contributed by atoms with Crippen LogP contribution in [0.25, 0.3) is 5.76 Å². The molecule has 1 amide bonds. The summed E-state index contributed by atoms with van der Waals surface area (Å²) in [5.41, 5.74) is 1.24. The van der Waals surface area contributed by atoms with Crippen LogP contribution in [0.15, 0.2) is 84.7 Å². The highest BCUT2D eigenvalue weighted by atomic mass is 32.1. The van der Waals surface area contributed by atoms with Crippen molar-refractivity contribution in [1.82, 2.24) is 9.97 Å². The number of aliphatic hydroxyl groups is 1. The molecule has 1 atom stereocenters. The second-order valence-corrected chi connectivity index (χ2v) is 9.34. The van der Waals surface area contributed by atoms with Crippen LogP contribution in [-0.4, -0.2) is 32.5 Å². The normalized spacial score (nSPS) is 16.7. The summed E-state index contributed by atoms with van der Waals surface area (Å²) in [6, 6.07) is 18.2. The summed E-state index contributed by atoms with van der Waals surface area (Å²) in [5, 5.41) is 11.4. The minimum atomic E-state index is -1.00. The smallest absolute Gasteiger partial charge is 0.301 e. The second-order valence-electron chi connectivity index (χ2n) is 8.36. The average Bonchev–Trinajstić information content (AvgIpc) is 3.42. The van der Waals surface area contributed by atoms with Crippen molar-refractivity contribution in [3.05, 3.63) is 106 Å². The summed E-state index contributed by atoms with van der Waals surface area (Å²) in [5.74, 6) is -1.12. The molecule has 0 bridgehead atoms. The Morgan fingerprint density at radius 1 is 1.00 bits per heavy atom. The SMILES string of the molecule is CC(=O)c1sc(N2C(=O)C(=O)/C(=C(/O)c3ccncc3)C2c2cccc(Oc3ccccc3)c2)nc1C. The van der Waals surface area contributed by atoms with Crippen LogP contribution in [0.2, 0.25) is 0 Å². The number of hydrogen-bond acceptors (Lipinski definition) is 8. The van der Waals surface area contributed by atoms with Crippen LogP contribution in [0.3, 0.4) is 0 Å². The van der Waals surface area contributed by atoms with Gasteiger partial charge in [-0.15, -0.1) is 0 Å². The van der Waals surface area contributed by atoms with Crippen molar-refractivity contribution < 1.29 is 24.2 Å². The topological polar surface area (TPSA) is 110 Å². The number of carbonyl (C=O) groups excluding carboxylic acids is 3. The first kappa shape index (κ1) is 24.1. The van der Waals surface area contributed by atoms with Crippen LogP contribution in [0, 0.1) is 6.92 Å². The highest BCUT2D eigenvalue weighted by molar-refractivity contribution is 7.18. The van der Waals surface area contributed by atoms with Crippen LogP contribution in [0.1, 0.15) is 39.5 Å². The van der Waals surface area contributed by atoms with Crippen molar-refractivity contribution in [3.63, 3.8) is 0 Å². The number of aryl methyl sites for hydroxylation is 1. The Kier molecular flexibility index (Phi) is 6.37. The maximum Gasteiger partial charge on any atom is 0.301 e. The predicted octanol–water partition coefficient (Wildman–Crippen LogP) is 5.47. The van der Waals surface area contributed by atoms with Gasteiger partial charge in [-0.2, -0.15) is 0 Å². The van der Waals surface area contributed by atoms with Crippen molar-refractivity contribution >= 4 is 39.7 Å². The van der Waals surface area contributed by atoms with E-state index >= 15 is 0 Å². The van der Waals surface area contributed by atoms with Gasteiger partial charge in [-0.3, -0.25) is 24.3 Å². The van der Waals surface area contributed by atoms with Gasteiger partial charge in [0.1, 0.15) is 17.3 Å². The molecular formula is C28H21N3O5S. The third-order valence-corrected chi connectivity index (χ3v) is 7.12. The van der Waals surface area contributed by atoms with Crippen molar-refractivity contribution in [2.45, 2.75) is 19.9 Å². The van der Waals surface area contributed by atoms with Gasteiger partial charge < -0.3 is 9.84 Å². The lowest BCUT2D eigenvalue weighted by atomic mass is 9.95. The summed E-state index contributed by atoms with van der Waals surface area (Å²) in [7, 11) is 0. The van der Waals surface area contributed by atoms with Crippen molar-refractivity contribution in [2.24, 2.45) is 0 Å². The Morgan fingerprint density at radius 3 is 2.38 bits per heavy atom. The molecule has 2 aromatic carbocycles. The van der Waals surface area contributed by atoms with Gasteiger partial charge in [0.25, 0.3) is 5.78 Å². The number of carbonyl (C=O) groups is 3. The molecule has 0 spiro atoms. The zero-order valence-electron chi connectivity index (χ0n) is 19.9. The molecule has 1 saturated heterocycles. The molecule has 8 nitrogen and oxygen atoms in total. The molecule has 9 heteroatoms. The van der Waals surface area contributed by atoms with E-state index in [2.05, 4.69) is 9.97 Å². The number of para-hydroxylation sites is 1. The Bertz CT molecular complexity index is 1550. The molecule has 1 unspecified atom stereocenters. The number of thiazole rings is 1. The summed E-state index contributed by atoms with van der Waals surface area (Å²) in [6.45, 7) is 3.09. The third-order valence-electron chi connectivity index (χ3n) is 5.86.